The monoisotopic (exact) mass is 510 g/mol. The zero-order valence-corrected chi connectivity index (χ0v) is 19.6. The zero-order valence-electron chi connectivity index (χ0n) is 16.4. The summed E-state index contributed by atoms with van der Waals surface area (Å²) in [6.07, 6.45) is 1.74. The number of rotatable bonds is 4. The van der Waals surface area contributed by atoms with Crippen molar-refractivity contribution in [1.29, 1.82) is 0 Å². The summed E-state index contributed by atoms with van der Waals surface area (Å²) >= 11 is 4.94. The molecule has 1 aromatic heterocycles. The van der Waals surface area contributed by atoms with Crippen LogP contribution in [0.3, 0.4) is 0 Å². The largest absolute Gasteiger partial charge is 0.463 e. The number of benzene rings is 1. The lowest BCUT2D eigenvalue weighted by Crippen LogP contribution is -2.45. The van der Waals surface area contributed by atoms with E-state index >= 15 is 0 Å². The molecule has 0 spiro atoms. The standard InChI is InChI=1S/C20H20BrFN4O2S2/c1-3-28-20(27)16-15-10-24-30(4-2)11-26(15)18(19-23-7-8-29-19)25-17(16)13-6-5-12(22)9-14(13)21/h4-9,17,24H,3,10-11H2,1-2H3/t17-,30?/m0/s1. The van der Waals surface area contributed by atoms with Gasteiger partial charge in [0.2, 0.25) is 0 Å². The molecule has 0 aliphatic carbocycles. The minimum Gasteiger partial charge on any atom is -0.463 e. The Hall–Kier alpha value is -1.88. The van der Waals surface area contributed by atoms with E-state index < -0.39 is 12.0 Å². The van der Waals surface area contributed by atoms with Crippen LogP contribution in [0.15, 0.2) is 50.5 Å². The summed E-state index contributed by atoms with van der Waals surface area (Å²) in [5.74, 6) is 0.601. The Morgan fingerprint density at radius 1 is 1.53 bits per heavy atom. The molecule has 1 unspecified atom stereocenters. The van der Waals surface area contributed by atoms with Crippen molar-refractivity contribution in [3.05, 3.63) is 61.9 Å². The quantitative estimate of drug-likeness (QED) is 0.492. The molecule has 2 aliphatic rings. The molecule has 0 amide bonds. The average Bonchev–Trinajstić information content (AvgIpc) is 3.27. The Bertz CT molecular complexity index is 1070. The van der Waals surface area contributed by atoms with E-state index in [0.717, 1.165) is 16.5 Å². The molecule has 4 rings (SSSR count). The molecule has 0 radical (unpaired) electrons. The van der Waals surface area contributed by atoms with Crippen LogP contribution >= 0.6 is 37.9 Å². The van der Waals surface area contributed by atoms with Crippen LogP contribution in [-0.4, -0.2) is 46.1 Å². The van der Waals surface area contributed by atoms with Gasteiger partial charge in [-0.15, -0.1) is 22.0 Å². The lowest BCUT2D eigenvalue weighted by molar-refractivity contribution is -0.139. The van der Waals surface area contributed by atoms with Crippen molar-refractivity contribution in [2.45, 2.75) is 19.9 Å². The number of carbonyl (C=O) groups is 1. The number of halogens is 2. The first-order chi connectivity index (χ1) is 14.5. The smallest absolute Gasteiger partial charge is 0.338 e. The third-order valence-corrected chi connectivity index (χ3v) is 7.85. The molecule has 10 heteroatoms. The van der Waals surface area contributed by atoms with Gasteiger partial charge in [-0.1, -0.05) is 22.0 Å². The molecule has 2 aromatic rings. The summed E-state index contributed by atoms with van der Waals surface area (Å²) in [5.41, 5.74) is 1.99. The number of hydrogen-bond donors (Lipinski definition) is 1. The van der Waals surface area contributed by atoms with Crippen LogP contribution in [0.4, 0.5) is 4.39 Å². The summed E-state index contributed by atoms with van der Waals surface area (Å²) in [7, 11) is -0.146. The van der Waals surface area contributed by atoms with E-state index in [1.165, 1.54) is 23.5 Å². The first-order valence-corrected chi connectivity index (χ1v) is 12.5. The predicted molar refractivity (Wildman–Crippen MR) is 123 cm³/mol. The summed E-state index contributed by atoms with van der Waals surface area (Å²) in [5, 5.41) is 4.79. The van der Waals surface area contributed by atoms with E-state index in [2.05, 4.69) is 35.9 Å². The number of fused-ring (bicyclic) bond motifs is 1. The summed E-state index contributed by atoms with van der Waals surface area (Å²) < 4.78 is 23.2. The first kappa shape index (κ1) is 21.4. The highest BCUT2D eigenvalue weighted by Gasteiger charge is 2.39. The maximum Gasteiger partial charge on any atom is 0.338 e. The Kier molecular flexibility index (Phi) is 6.47. The number of esters is 1. The Morgan fingerprint density at radius 2 is 2.37 bits per heavy atom. The van der Waals surface area contributed by atoms with E-state index in [1.54, 1.807) is 19.2 Å². The van der Waals surface area contributed by atoms with Gasteiger partial charge in [-0.3, -0.25) is 9.71 Å². The molecule has 2 aliphatic heterocycles. The molecule has 3 heterocycles. The highest BCUT2D eigenvalue weighted by Crippen LogP contribution is 2.41. The van der Waals surface area contributed by atoms with Crippen molar-refractivity contribution < 1.29 is 13.9 Å². The number of aromatic nitrogens is 1. The van der Waals surface area contributed by atoms with Crippen molar-refractivity contribution in [2.24, 2.45) is 4.99 Å². The van der Waals surface area contributed by atoms with Crippen molar-refractivity contribution in [2.75, 3.05) is 19.0 Å². The number of nitrogens with one attached hydrogen (secondary N) is 1. The molecule has 158 valence electrons. The lowest BCUT2D eigenvalue weighted by Gasteiger charge is -2.40. The fourth-order valence-corrected chi connectivity index (χ4v) is 5.91. The van der Waals surface area contributed by atoms with Crippen LogP contribution in [-0.2, 0) is 9.53 Å². The molecule has 0 bridgehead atoms. The topological polar surface area (TPSA) is 66.8 Å². The number of aliphatic imine (C=N–C) groups is 1. The molecule has 1 fully saturated rings. The molecular weight excluding hydrogens is 491 g/mol. The van der Waals surface area contributed by atoms with Crippen LogP contribution in [0.25, 0.3) is 0 Å². The molecule has 30 heavy (non-hydrogen) atoms. The van der Waals surface area contributed by atoms with E-state index in [1.807, 2.05) is 12.3 Å². The van der Waals surface area contributed by atoms with E-state index in [4.69, 9.17) is 9.73 Å². The number of hydrogen-bond acceptors (Lipinski definition) is 7. The van der Waals surface area contributed by atoms with Gasteiger partial charge in [0.1, 0.15) is 11.9 Å². The zero-order chi connectivity index (χ0) is 21.3. The predicted octanol–water partition coefficient (Wildman–Crippen LogP) is 4.23. The summed E-state index contributed by atoms with van der Waals surface area (Å²) in [4.78, 5) is 24.5. The van der Waals surface area contributed by atoms with E-state index in [9.17, 15) is 9.18 Å². The number of ether oxygens (including phenoxy) is 1. The van der Waals surface area contributed by atoms with E-state index in [-0.39, 0.29) is 23.1 Å². The van der Waals surface area contributed by atoms with Gasteiger partial charge in [-0.05, 0) is 36.9 Å². The summed E-state index contributed by atoms with van der Waals surface area (Å²) in [6, 6.07) is 3.79. The second kappa shape index (κ2) is 9.09. The third-order valence-electron chi connectivity index (χ3n) is 4.77. The normalized spacial score (nSPS) is 21.5. The van der Waals surface area contributed by atoms with Gasteiger partial charge in [0.15, 0.2) is 10.8 Å². The highest BCUT2D eigenvalue weighted by atomic mass is 79.9. The lowest BCUT2D eigenvalue weighted by atomic mass is 9.95. The van der Waals surface area contributed by atoms with Gasteiger partial charge in [-0.2, -0.15) is 0 Å². The van der Waals surface area contributed by atoms with Crippen LogP contribution in [0.1, 0.15) is 30.5 Å². The van der Waals surface area contributed by atoms with Crippen LogP contribution in [0.5, 0.6) is 0 Å². The minimum absolute atomic E-state index is 0.146. The Morgan fingerprint density at radius 3 is 3.03 bits per heavy atom. The van der Waals surface area contributed by atoms with Crippen molar-refractivity contribution in [3.63, 3.8) is 0 Å². The maximum absolute atomic E-state index is 13.7. The van der Waals surface area contributed by atoms with Crippen LogP contribution < -0.4 is 4.72 Å². The molecule has 0 saturated carbocycles. The maximum atomic E-state index is 13.7. The van der Waals surface area contributed by atoms with Gasteiger partial charge in [-0.25, -0.2) is 14.2 Å². The molecule has 1 aromatic carbocycles. The first-order valence-electron chi connectivity index (χ1n) is 9.36. The number of nitrogens with zero attached hydrogens (tertiary/aromatic N) is 3. The Balaban J connectivity index is 1.92. The molecule has 6 nitrogen and oxygen atoms in total. The fraction of sp³-hybridized carbons (Fsp3) is 0.300. The molecule has 1 saturated heterocycles. The van der Waals surface area contributed by atoms with Crippen LogP contribution in [0, 0.1) is 5.82 Å². The van der Waals surface area contributed by atoms with Gasteiger partial charge >= 0.3 is 5.97 Å². The van der Waals surface area contributed by atoms with Crippen molar-refractivity contribution in [3.8, 4) is 0 Å². The third kappa shape index (κ3) is 4.01. The Labute approximate surface area is 189 Å². The van der Waals surface area contributed by atoms with Gasteiger partial charge in [0.25, 0.3) is 0 Å². The van der Waals surface area contributed by atoms with Crippen molar-refractivity contribution in [1.82, 2.24) is 14.6 Å². The SMILES string of the molecule is C/C=S1/CN2C(c3nccs3)=N[C@@H](c3ccc(F)cc3Br)C(C(=O)OCC)=C2CN1. The highest BCUT2D eigenvalue weighted by molar-refractivity contribution is 9.10. The minimum atomic E-state index is -0.628. The second-order valence-corrected chi connectivity index (χ2v) is 10.1. The van der Waals surface area contributed by atoms with E-state index in [0.29, 0.717) is 28.0 Å². The average molecular weight is 511 g/mol. The number of thiazole rings is 1. The van der Waals surface area contributed by atoms with Gasteiger partial charge < -0.3 is 9.64 Å². The number of amidine groups is 1. The van der Waals surface area contributed by atoms with Gasteiger partial charge in [0, 0.05) is 28.3 Å². The molecule has 1 N–H and O–H groups in total. The molecular formula is C20H20BrFN4O2S2. The number of carbonyl (C=O) groups excluding carboxylic acids is 1. The van der Waals surface area contributed by atoms with Crippen LogP contribution in [0.2, 0.25) is 0 Å². The molecule has 2 atom stereocenters. The van der Waals surface area contributed by atoms with Crippen molar-refractivity contribution >= 4 is 55.1 Å². The second-order valence-electron chi connectivity index (χ2n) is 6.48. The van der Waals surface area contributed by atoms with Gasteiger partial charge in [0.05, 0.1) is 18.1 Å². The summed E-state index contributed by atoms with van der Waals surface area (Å²) in [6.45, 7) is 4.55. The fourth-order valence-electron chi connectivity index (χ4n) is 3.41.